The normalized spacial score (nSPS) is 15.6. The molecule has 5 heterocycles. The van der Waals surface area contributed by atoms with Crippen molar-refractivity contribution in [3.8, 4) is 11.4 Å². The Hall–Kier alpha value is -3.60. The molecule has 1 saturated heterocycles. The van der Waals surface area contributed by atoms with Gasteiger partial charge in [0, 0.05) is 49.0 Å². The van der Waals surface area contributed by atoms with Gasteiger partial charge in [0.1, 0.15) is 16.3 Å². The number of rotatable bonds is 6. The Morgan fingerprint density at radius 3 is 2.76 bits per heavy atom. The molecule has 9 nitrogen and oxygen atoms in total. The Labute approximate surface area is 219 Å². The first-order valence-corrected chi connectivity index (χ1v) is 13.3. The first-order chi connectivity index (χ1) is 17.7. The average molecular weight is 523 g/mol. The van der Waals surface area contributed by atoms with Crippen molar-refractivity contribution in [3.63, 3.8) is 0 Å². The van der Waals surface area contributed by atoms with E-state index >= 15 is 0 Å². The van der Waals surface area contributed by atoms with Gasteiger partial charge in [-0.3, -0.25) is 4.79 Å². The van der Waals surface area contributed by atoms with Gasteiger partial charge in [0.2, 0.25) is 0 Å². The Kier molecular flexibility index (Phi) is 6.80. The number of hydrogen-bond donors (Lipinski definition) is 2. The maximum absolute atomic E-state index is 14.0. The van der Waals surface area contributed by atoms with E-state index in [-0.39, 0.29) is 35.0 Å². The molecule has 4 aromatic rings. The van der Waals surface area contributed by atoms with Crippen LogP contribution in [0.1, 0.15) is 51.0 Å². The number of thiazole rings is 1. The molecule has 0 unspecified atom stereocenters. The van der Waals surface area contributed by atoms with E-state index in [2.05, 4.69) is 53.4 Å². The van der Waals surface area contributed by atoms with Gasteiger partial charge in [0.15, 0.2) is 17.5 Å². The third-order valence-corrected chi connectivity index (χ3v) is 7.75. The van der Waals surface area contributed by atoms with Crippen molar-refractivity contribution in [1.82, 2.24) is 29.5 Å². The second kappa shape index (κ2) is 10.0. The molecule has 0 aliphatic carbocycles. The van der Waals surface area contributed by atoms with Crippen LogP contribution in [-0.2, 0) is 0 Å². The third kappa shape index (κ3) is 5.41. The largest absolute Gasteiger partial charge is 0.367 e. The quantitative estimate of drug-likeness (QED) is 0.370. The molecule has 194 valence electrons. The summed E-state index contributed by atoms with van der Waals surface area (Å²) >= 11 is 1.55. The Morgan fingerprint density at radius 1 is 1.24 bits per heavy atom. The SMILES string of the molecule is C[C@@H](Nc1cc(C(=O)N2CCC(Nc3ncccc3F)CC2)nc(-c2cnn3ccsc23)n1)C(C)(C)C. The number of likely N-dealkylation sites (tertiary alicyclic amines) is 1. The standard InChI is InChI=1S/C26H31FN8OS/c1-16(26(2,3)4)30-21-14-20(32-22(33-21)18-15-29-35-12-13-37-25(18)35)24(36)34-10-7-17(8-11-34)31-23-19(27)6-5-9-28-23/h5-6,9,12-17H,7-8,10-11H2,1-4H3,(H,28,31)(H,30,32,33)/t16-/m1/s1. The van der Waals surface area contributed by atoms with Gasteiger partial charge in [0.05, 0.1) is 11.8 Å². The van der Waals surface area contributed by atoms with Crippen LogP contribution in [0.3, 0.4) is 0 Å². The number of nitrogens with zero attached hydrogens (tertiary/aromatic N) is 6. The fourth-order valence-electron chi connectivity index (χ4n) is 4.14. The van der Waals surface area contributed by atoms with Gasteiger partial charge in [-0.1, -0.05) is 20.8 Å². The van der Waals surface area contributed by atoms with Gasteiger partial charge in [-0.25, -0.2) is 23.9 Å². The highest BCUT2D eigenvalue weighted by molar-refractivity contribution is 7.16. The fourth-order valence-corrected chi connectivity index (χ4v) is 4.94. The minimum atomic E-state index is -0.376. The molecule has 11 heteroatoms. The zero-order valence-corrected chi connectivity index (χ0v) is 22.2. The van der Waals surface area contributed by atoms with Crippen LogP contribution in [0.5, 0.6) is 0 Å². The van der Waals surface area contributed by atoms with Crippen molar-refractivity contribution in [2.24, 2.45) is 5.41 Å². The number of piperidine rings is 1. The number of fused-ring (bicyclic) bond motifs is 1. The smallest absolute Gasteiger partial charge is 0.272 e. The highest BCUT2D eigenvalue weighted by Gasteiger charge is 2.27. The molecule has 0 aromatic carbocycles. The van der Waals surface area contributed by atoms with Crippen molar-refractivity contribution >= 4 is 33.7 Å². The number of pyridine rings is 1. The van der Waals surface area contributed by atoms with E-state index in [9.17, 15) is 9.18 Å². The van der Waals surface area contributed by atoms with Crippen LogP contribution in [0, 0.1) is 11.2 Å². The van der Waals surface area contributed by atoms with Crippen LogP contribution in [0.2, 0.25) is 0 Å². The number of nitrogens with one attached hydrogen (secondary N) is 2. The van der Waals surface area contributed by atoms with Crippen LogP contribution in [0.4, 0.5) is 16.0 Å². The maximum atomic E-state index is 14.0. The molecule has 37 heavy (non-hydrogen) atoms. The number of hydrogen-bond acceptors (Lipinski definition) is 8. The summed E-state index contributed by atoms with van der Waals surface area (Å²) in [4.78, 5) is 29.8. The summed E-state index contributed by atoms with van der Waals surface area (Å²) in [6.45, 7) is 9.63. The Bertz CT molecular complexity index is 1400. The van der Waals surface area contributed by atoms with Crippen molar-refractivity contribution in [1.29, 1.82) is 0 Å². The second-order valence-electron chi connectivity index (χ2n) is 10.4. The number of carbonyl (C=O) groups is 1. The van der Waals surface area contributed by atoms with Crippen LogP contribution in [0.15, 0.2) is 42.2 Å². The topological polar surface area (TPSA) is 100 Å². The second-order valence-corrected chi connectivity index (χ2v) is 11.3. The third-order valence-electron chi connectivity index (χ3n) is 6.86. The van der Waals surface area contributed by atoms with Gasteiger partial charge in [-0.15, -0.1) is 11.3 Å². The van der Waals surface area contributed by atoms with Crippen LogP contribution < -0.4 is 10.6 Å². The van der Waals surface area contributed by atoms with Gasteiger partial charge in [-0.05, 0) is 37.3 Å². The molecule has 1 aliphatic rings. The highest BCUT2D eigenvalue weighted by atomic mass is 32.1. The van der Waals surface area contributed by atoms with Crippen LogP contribution in [-0.4, -0.2) is 60.5 Å². The summed E-state index contributed by atoms with van der Waals surface area (Å²) in [5, 5.41) is 13.0. The lowest BCUT2D eigenvalue weighted by molar-refractivity contribution is 0.0712. The van der Waals surface area contributed by atoms with Gasteiger partial charge >= 0.3 is 0 Å². The van der Waals surface area contributed by atoms with E-state index in [4.69, 9.17) is 4.98 Å². The predicted molar refractivity (Wildman–Crippen MR) is 143 cm³/mol. The summed E-state index contributed by atoms with van der Waals surface area (Å²) in [7, 11) is 0. The van der Waals surface area contributed by atoms with E-state index < -0.39 is 0 Å². The lowest BCUT2D eigenvalue weighted by Gasteiger charge is -2.32. The van der Waals surface area contributed by atoms with Crippen molar-refractivity contribution in [3.05, 3.63) is 53.7 Å². The number of halogens is 1. The first kappa shape index (κ1) is 25.1. The summed E-state index contributed by atoms with van der Waals surface area (Å²) in [5.74, 6) is 0.798. The molecule has 0 radical (unpaired) electrons. The molecule has 1 amide bonds. The summed E-state index contributed by atoms with van der Waals surface area (Å²) < 4.78 is 15.8. The molecule has 5 rings (SSSR count). The molecular formula is C26H31FN8OS. The van der Waals surface area contributed by atoms with Gasteiger partial charge in [0.25, 0.3) is 5.91 Å². The van der Waals surface area contributed by atoms with E-state index in [0.29, 0.717) is 43.3 Å². The highest BCUT2D eigenvalue weighted by Crippen LogP contribution is 2.29. The van der Waals surface area contributed by atoms with Crippen molar-refractivity contribution < 1.29 is 9.18 Å². The molecule has 1 fully saturated rings. The number of amides is 1. The van der Waals surface area contributed by atoms with Crippen LogP contribution >= 0.6 is 11.3 Å². The zero-order chi connectivity index (χ0) is 26.2. The van der Waals surface area contributed by atoms with E-state index in [1.165, 1.54) is 6.07 Å². The summed E-state index contributed by atoms with van der Waals surface area (Å²) in [5.41, 5.74) is 1.12. The van der Waals surface area contributed by atoms with Gasteiger partial charge < -0.3 is 15.5 Å². The Balaban J connectivity index is 1.37. The first-order valence-electron chi connectivity index (χ1n) is 12.4. The lowest BCUT2D eigenvalue weighted by atomic mass is 9.88. The van der Waals surface area contributed by atoms with E-state index in [1.807, 2.05) is 11.6 Å². The zero-order valence-electron chi connectivity index (χ0n) is 21.4. The number of anilines is 2. The van der Waals surface area contributed by atoms with Crippen LogP contribution in [0.25, 0.3) is 16.2 Å². The van der Waals surface area contributed by atoms with Crippen molar-refractivity contribution in [2.45, 2.75) is 52.6 Å². The fraction of sp³-hybridized carbons (Fsp3) is 0.423. The van der Waals surface area contributed by atoms with E-state index in [0.717, 1.165) is 10.4 Å². The minimum Gasteiger partial charge on any atom is -0.367 e. The summed E-state index contributed by atoms with van der Waals surface area (Å²) in [6.07, 6.45) is 6.55. The number of carbonyl (C=O) groups excluding carboxylic acids is 1. The molecule has 1 atom stereocenters. The molecule has 4 aromatic heterocycles. The molecular weight excluding hydrogens is 491 g/mol. The summed E-state index contributed by atoms with van der Waals surface area (Å²) in [6, 6.07) is 4.84. The minimum absolute atomic E-state index is 0.00398. The monoisotopic (exact) mass is 522 g/mol. The van der Waals surface area contributed by atoms with Crippen molar-refractivity contribution in [2.75, 3.05) is 23.7 Å². The average Bonchev–Trinajstić information content (AvgIpc) is 3.49. The lowest BCUT2D eigenvalue weighted by Crippen LogP contribution is -2.43. The maximum Gasteiger partial charge on any atom is 0.272 e. The molecule has 0 bridgehead atoms. The molecule has 2 N–H and O–H groups in total. The van der Waals surface area contributed by atoms with Gasteiger partial charge in [-0.2, -0.15) is 5.10 Å². The number of aromatic nitrogens is 5. The molecule has 0 saturated carbocycles. The molecule has 1 aliphatic heterocycles. The predicted octanol–water partition coefficient (Wildman–Crippen LogP) is 4.95. The Morgan fingerprint density at radius 2 is 2.03 bits per heavy atom. The molecule has 0 spiro atoms. The van der Waals surface area contributed by atoms with E-state index in [1.54, 1.807) is 45.3 Å².